The second kappa shape index (κ2) is 8.13. The number of rotatable bonds is 7. The van der Waals surface area contributed by atoms with Gasteiger partial charge in [0.2, 0.25) is 0 Å². The number of unbranched alkanes of at least 4 members (excludes halogenated alkanes) is 1. The van der Waals surface area contributed by atoms with Crippen molar-refractivity contribution < 1.29 is 0 Å². The predicted octanol–water partition coefficient (Wildman–Crippen LogP) is 5.15. The fourth-order valence-electron chi connectivity index (χ4n) is 3.39. The molecule has 3 N–H and O–H groups in total. The van der Waals surface area contributed by atoms with Gasteiger partial charge < -0.3 is 15.6 Å². The molecule has 0 saturated carbocycles. The maximum absolute atomic E-state index is 6.29. The number of imidazole rings is 1. The summed E-state index contributed by atoms with van der Waals surface area (Å²) in [7, 11) is 0. The molecule has 0 bridgehead atoms. The predicted molar refractivity (Wildman–Crippen MR) is 116 cm³/mol. The second-order valence-electron chi connectivity index (χ2n) is 6.95. The largest absolute Gasteiger partial charge is 0.382 e. The summed E-state index contributed by atoms with van der Waals surface area (Å²) in [6.07, 6.45) is 3.16. The van der Waals surface area contributed by atoms with Gasteiger partial charge in [-0.15, -0.1) is 0 Å². The summed E-state index contributed by atoms with van der Waals surface area (Å²) < 4.78 is 2.27. The second-order valence-corrected chi connectivity index (χ2v) is 6.95. The van der Waals surface area contributed by atoms with Crippen LogP contribution in [0.3, 0.4) is 0 Å². The van der Waals surface area contributed by atoms with E-state index in [1.165, 1.54) is 5.56 Å². The van der Waals surface area contributed by atoms with Gasteiger partial charge in [-0.25, -0.2) is 9.97 Å². The molecule has 0 atom stereocenters. The molecule has 28 heavy (non-hydrogen) atoms. The fraction of sp³-hybridized carbons (Fsp3) is 0.217. The molecular weight excluding hydrogens is 346 g/mol. The number of nitrogens with one attached hydrogen (secondary N) is 1. The number of para-hydroxylation sites is 1. The highest BCUT2D eigenvalue weighted by molar-refractivity contribution is 5.88. The Morgan fingerprint density at radius 2 is 1.68 bits per heavy atom. The Bertz CT molecular complexity index is 1050. The van der Waals surface area contributed by atoms with E-state index in [0.717, 1.165) is 54.2 Å². The summed E-state index contributed by atoms with van der Waals surface area (Å²) in [5.41, 5.74) is 10.3. The number of anilines is 3. The van der Waals surface area contributed by atoms with E-state index in [2.05, 4.69) is 46.1 Å². The average molecular weight is 371 g/mol. The van der Waals surface area contributed by atoms with Crippen LogP contribution in [0, 0.1) is 0 Å². The molecule has 0 unspecified atom stereocenters. The molecule has 5 heteroatoms. The van der Waals surface area contributed by atoms with E-state index in [4.69, 9.17) is 10.7 Å². The van der Waals surface area contributed by atoms with Crippen LogP contribution < -0.4 is 11.1 Å². The van der Waals surface area contributed by atoms with Crippen molar-refractivity contribution in [1.82, 2.24) is 14.5 Å². The van der Waals surface area contributed by atoms with Gasteiger partial charge in [-0.2, -0.15) is 0 Å². The van der Waals surface area contributed by atoms with E-state index in [9.17, 15) is 0 Å². The fourth-order valence-corrected chi connectivity index (χ4v) is 3.39. The number of nitrogen functional groups attached to an aromatic ring is 1. The molecule has 0 saturated heterocycles. The van der Waals surface area contributed by atoms with E-state index in [1.807, 2.05) is 42.5 Å². The molecule has 2 aromatic carbocycles. The maximum atomic E-state index is 6.29. The smallest absolute Gasteiger partial charge is 0.154 e. The van der Waals surface area contributed by atoms with Gasteiger partial charge >= 0.3 is 0 Å². The van der Waals surface area contributed by atoms with Gasteiger partial charge in [-0.1, -0.05) is 61.9 Å². The summed E-state index contributed by atoms with van der Waals surface area (Å²) in [6.45, 7) is 2.96. The number of hydrogen-bond acceptors (Lipinski definition) is 4. The van der Waals surface area contributed by atoms with Crippen LogP contribution in [0.1, 0.15) is 31.2 Å². The molecule has 0 spiro atoms. The number of fused-ring (bicyclic) bond motifs is 1. The number of nitrogens with two attached hydrogens (primary N) is 1. The first-order valence-corrected chi connectivity index (χ1v) is 9.76. The third kappa shape index (κ3) is 3.83. The minimum Gasteiger partial charge on any atom is -0.382 e. The lowest BCUT2D eigenvalue weighted by atomic mass is 10.2. The monoisotopic (exact) mass is 371 g/mol. The lowest BCUT2D eigenvalue weighted by Crippen LogP contribution is -2.06. The van der Waals surface area contributed by atoms with Crippen LogP contribution in [0.2, 0.25) is 0 Å². The summed E-state index contributed by atoms with van der Waals surface area (Å²) >= 11 is 0. The average Bonchev–Trinajstić information content (AvgIpc) is 3.06. The van der Waals surface area contributed by atoms with Gasteiger partial charge in [0.15, 0.2) is 5.82 Å². The zero-order valence-corrected chi connectivity index (χ0v) is 16.1. The zero-order valence-electron chi connectivity index (χ0n) is 16.1. The van der Waals surface area contributed by atoms with Crippen LogP contribution in [0.25, 0.3) is 11.0 Å². The van der Waals surface area contributed by atoms with Crippen LogP contribution >= 0.6 is 0 Å². The van der Waals surface area contributed by atoms with Crippen LogP contribution in [0.15, 0.2) is 66.7 Å². The topological polar surface area (TPSA) is 68.8 Å². The molecule has 0 radical (unpaired) electrons. The van der Waals surface area contributed by atoms with Crippen molar-refractivity contribution in [2.24, 2.45) is 0 Å². The van der Waals surface area contributed by atoms with Crippen molar-refractivity contribution in [3.05, 3.63) is 78.1 Å². The van der Waals surface area contributed by atoms with Crippen molar-refractivity contribution in [1.29, 1.82) is 0 Å². The Morgan fingerprint density at radius 1 is 0.964 bits per heavy atom. The SMILES string of the molecule is CCCCc1nc2c(N)nc(Nc3ccccc3)cc2n1Cc1ccccc1. The molecule has 142 valence electrons. The molecule has 0 aliphatic carbocycles. The highest BCUT2D eigenvalue weighted by Crippen LogP contribution is 2.27. The van der Waals surface area contributed by atoms with Crippen LogP contribution in [0.5, 0.6) is 0 Å². The maximum Gasteiger partial charge on any atom is 0.154 e. The summed E-state index contributed by atoms with van der Waals surface area (Å²) in [4.78, 5) is 9.37. The molecule has 0 fully saturated rings. The number of aryl methyl sites for hydroxylation is 1. The number of benzene rings is 2. The number of hydrogen-bond donors (Lipinski definition) is 2. The first kappa shape index (κ1) is 18.0. The Hall–Kier alpha value is -3.34. The van der Waals surface area contributed by atoms with Gasteiger partial charge in [0.1, 0.15) is 17.2 Å². The van der Waals surface area contributed by atoms with Crippen molar-refractivity contribution >= 4 is 28.4 Å². The lowest BCUT2D eigenvalue weighted by Gasteiger charge is -2.11. The third-order valence-electron chi connectivity index (χ3n) is 4.83. The Labute approximate surface area is 165 Å². The standard InChI is InChI=1S/C23H25N5/c1-2-3-14-21-27-22-19(28(21)16-17-10-6-4-7-11-17)15-20(26-23(22)24)25-18-12-8-5-9-13-18/h4-13,15H,2-3,14,16H2,1H3,(H3,24,25,26). The Morgan fingerprint density at radius 3 is 2.39 bits per heavy atom. The molecule has 0 aliphatic heterocycles. The minimum absolute atomic E-state index is 0.459. The van der Waals surface area contributed by atoms with E-state index in [0.29, 0.717) is 5.82 Å². The molecule has 0 amide bonds. The van der Waals surface area contributed by atoms with Crippen molar-refractivity contribution in [2.75, 3.05) is 11.1 Å². The van der Waals surface area contributed by atoms with Gasteiger partial charge in [0.05, 0.1) is 5.52 Å². The normalized spacial score (nSPS) is 11.0. The van der Waals surface area contributed by atoms with Crippen LogP contribution in [0.4, 0.5) is 17.3 Å². The first-order chi connectivity index (χ1) is 13.7. The van der Waals surface area contributed by atoms with E-state index in [-0.39, 0.29) is 0 Å². The molecule has 0 aliphatic rings. The summed E-state index contributed by atoms with van der Waals surface area (Å²) in [5.74, 6) is 2.25. The minimum atomic E-state index is 0.459. The molecule has 2 aromatic heterocycles. The van der Waals surface area contributed by atoms with Crippen LogP contribution in [-0.4, -0.2) is 14.5 Å². The zero-order chi connectivity index (χ0) is 19.3. The van der Waals surface area contributed by atoms with Crippen molar-refractivity contribution in [2.45, 2.75) is 32.7 Å². The number of pyridine rings is 1. The van der Waals surface area contributed by atoms with Crippen LogP contribution in [-0.2, 0) is 13.0 Å². The first-order valence-electron chi connectivity index (χ1n) is 9.76. The van der Waals surface area contributed by atoms with Crippen molar-refractivity contribution in [3.8, 4) is 0 Å². The Kier molecular flexibility index (Phi) is 5.24. The Balaban J connectivity index is 1.78. The number of nitrogens with zero attached hydrogens (tertiary/aromatic N) is 3. The highest BCUT2D eigenvalue weighted by atomic mass is 15.1. The molecule has 2 heterocycles. The third-order valence-corrected chi connectivity index (χ3v) is 4.83. The lowest BCUT2D eigenvalue weighted by molar-refractivity contribution is 0.690. The molecular formula is C23H25N5. The molecule has 4 rings (SSSR count). The summed E-state index contributed by atoms with van der Waals surface area (Å²) in [6, 6.07) is 22.5. The van der Waals surface area contributed by atoms with E-state index in [1.54, 1.807) is 0 Å². The summed E-state index contributed by atoms with van der Waals surface area (Å²) in [5, 5.41) is 3.35. The van der Waals surface area contributed by atoms with E-state index >= 15 is 0 Å². The van der Waals surface area contributed by atoms with Gasteiger partial charge in [0.25, 0.3) is 0 Å². The molecule has 4 aromatic rings. The highest BCUT2D eigenvalue weighted by Gasteiger charge is 2.15. The van der Waals surface area contributed by atoms with E-state index < -0.39 is 0 Å². The quantitative estimate of drug-likeness (QED) is 0.471. The van der Waals surface area contributed by atoms with Gasteiger partial charge in [-0.05, 0) is 24.1 Å². The van der Waals surface area contributed by atoms with Crippen molar-refractivity contribution in [3.63, 3.8) is 0 Å². The van der Waals surface area contributed by atoms with Gasteiger partial charge in [-0.3, -0.25) is 0 Å². The molecule has 5 nitrogen and oxygen atoms in total. The number of aromatic nitrogens is 3. The van der Waals surface area contributed by atoms with Gasteiger partial charge in [0, 0.05) is 24.7 Å².